The van der Waals surface area contributed by atoms with Crippen molar-refractivity contribution in [3.8, 4) is 0 Å². The third kappa shape index (κ3) is 4.94. The second-order valence-electron chi connectivity index (χ2n) is 8.82. The number of piperidine rings is 1. The largest absolute Gasteiger partial charge is 0.352 e. The Balaban J connectivity index is 1.38. The van der Waals surface area contributed by atoms with Crippen molar-refractivity contribution in [2.45, 2.75) is 57.5 Å². The molecule has 0 spiro atoms. The van der Waals surface area contributed by atoms with Crippen molar-refractivity contribution in [3.63, 3.8) is 0 Å². The summed E-state index contributed by atoms with van der Waals surface area (Å²) in [6.45, 7) is 7.28. The van der Waals surface area contributed by atoms with Gasteiger partial charge in [-0.3, -0.25) is 4.79 Å². The smallest absolute Gasteiger partial charge is 0.243 e. The quantitative estimate of drug-likeness (QED) is 0.572. The van der Waals surface area contributed by atoms with Gasteiger partial charge in [0.25, 0.3) is 0 Å². The van der Waals surface area contributed by atoms with Crippen LogP contribution >= 0.6 is 0 Å². The van der Waals surface area contributed by atoms with Crippen LogP contribution in [0.15, 0.2) is 47.4 Å². The highest BCUT2D eigenvalue weighted by atomic mass is 32.2. The molecule has 1 amide bonds. The Morgan fingerprint density at radius 1 is 1.15 bits per heavy atom. The number of fused-ring (bicyclic) bond motifs is 1. The fourth-order valence-corrected chi connectivity index (χ4v) is 5.62. The molecule has 1 N–H and O–H groups in total. The highest BCUT2D eigenvalue weighted by molar-refractivity contribution is 7.89. The summed E-state index contributed by atoms with van der Waals surface area (Å²) in [5.41, 5.74) is 3.63. The van der Waals surface area contributed by atoms with E-state index in [-0.39, 0.29) is 22.8 Å². The van der Waals surface area contributed by atoms with Gasteiger partial charge in [-0.15, -0.1) is 5.10 Å². The number of hydrogen-bond donors (Lipinski definition) is 1. The van der Waals surface area contributed by atoms with Gasteiger partial charge in [-0.25, -0.2) is 13.1 Å². The number of carbonyl (C=O) groups excluding carboxylic acids is 1. The number of rotatable bonds is 7. The van der Waals surface area contributed by atoms with Crippen LogP contribution in [-0.4, -0.2) is 46.7 Å². The molecule has 0 bridgehead atoms. The molecule has 0 unspecified atom stereocenters. The number of nitrogens with zero attached hydrogens (tertiary/aromatic N) is 4. The second kappa shape index (κ2) is 9.61. The van der Waals surface area contributed by atoms with Gasteiger partial charge in [0.2, 0.25) is 15.9 Å². The lowest BCUT2D eigenvalue weighted by molar-refractivity contribution is -0.126. The maximum atomic E-state index is 13.2. The maximum absolute atomic E-state index is 13.2. The molecule has 9 heteroatoms. The summed E-state index contributed by atoms with van der Waals surface area (Å²) >= 11 is 0. The zero-order valence-corrected chi connectivity index (χ0v) is 20.2. The van der Waals surface area contributed by atoms with Crippen LogP contribution in [0, 0.1) is 12.8 Å². The van der Waals surface area contributed by atoms with Crippen molar-refractivity contribution in [2.24, 2.45) is 5.92 Å². The molecule has 0 aliphatic carbocycles. The van der Waals surface area contributed by atoms with Crippen molar-refractivity contribution >= 4 is 27.0 Å². The number of sulfonamides is 1. The first-order chi connectivity index (χ1) is 15.8. The van der Waals surface area contributed by atoms with E-state index in [0.29, 0.717) is 38.0 Å². The molecular formula is C24H31N5O3S. The topological polar surface area (TPSA) is 97.2 Å². The highest BCUT2D eigenvalue weighted by Crippen LogP contribution is 2.27. The summed E-state index contributed by atoms with van der Waals surface area (Å²) < 4.78 is 29.7. The van der Waals surface area contributed by atoms with Crippen LogP contribution < -0.4 is 5.32 Å². The lowest BCUT2D eigenvalue weighted by Crippen LogP contribution is -2.42. The average molecular weight is 470 g/mol. The molecule has 2 aromatic carbocycles. The van der Waals surface area contributed by atoms with Gasteiger partial charge in [0.1, 0.15) is 5.52 Å². The molecule has 1 aromatic heterocycles. The molecule has 33 heavy (non-hydrogen) atoms. The van der Waals surface area contributed by atoms with E-state index in [9.17, 15) is 13.2 Å². The van der Waals surface area contributed by atoms with E-state index >= 15 is 0 Å². The van der Waals surface area contributed by atoms with Crippen LogP contribution in [-0.2, 0) is 21.4 Å². The molecule has 1 aliphatic heterocycles. The van der Waals surface area contributed by atoms with Crippen molar-refractivity contribution < 1.29 is 13.2 Å². The third-order valence-corrected chi connectivity index (χ3v) is 8.40. The van der Waals surface area contributed by atoms with Gasteiger partial charge >= 0.3 is 0 Å². The van der Waals surface area contributed by atoms with Crippen LogP contribution in [0.25, 0.3) is 11.0 Å². The normalized spacial score (nSPS) is 16.7. The highest BCUT2D eigenvalue weighted by Gasteiger charge is 2.32. The average Bonchev–Trinajstić information content (AvgIpc) is 3.26. The van der Waals surface area contributed by atoms with Gasteiger partial charge in [0.15, 0.2) is 0 Å². The standard InChI is InChI=1S/C24H31N5O3S/c1-4-18(3)29-23-10-9-21(15-22(23)26-27-29)33(31,32)28-13-11-20(12-14-28)24(30)25-16-19-7-5-17(2)6-8-19/h5-10,15,18,20H,4,11-14,16H2,1-3H3,(H,25,30)/t18-/m1/s1. The van der Waals surface area contributed by atoms with E-state index < -0.39 is 10.0 Å². The minimum absolute atomic E-state index is 0.0179. The van der Waals surface area contributed by atoms with Crippen LogP contribution in [0.5, 0.6) is 0 Å². The molecule has 1 atom stereocenters. The number of aryl methyl sites for hydroxylation is 1. The molecule has 1 saturated heterocycles. The lowest BCUT2D eigenvalue weighted by Gasteiger charge is -2.30. The van der Waals surface area contributed by atoms with Gasteiger partial charge in [0.05, 0.1) is 16.5 Å². The SMILES string of the molecule is CC[C@@H](C)n1nnc2cc(S(=O)(=O)N3CCC(C(=O)NCc4ccc(C)cc4)CC3)ccc21. The van der Waals surface area contributed by atoms with Crippen LogP contribution in [0.4, 0.5) is 0 Å². The molecule has 1 fully saturated rings. The molecule has 0 radical (unpaired) electrons. The summed E-state index contributed by atoms with van der Waals surface area (Å²) in [6.07, 6.45) is 1.92. The Labute approximate surface area is 195 Å². The zero-order chi connectivity index (χ0) is 23.6. The first kappa shape index (κ1) is 23.4. The minimum Gasteiger partial charge on any atom is -0.352 e. The van der Waals surface area contributed by atoms with Crippen LogP contribution in [0.2, 0.25) is 0 Å². The molecule has 8 nitrogen and oxygen atoms in total. The Bertz CT molecular complexity index is 1230. The molecule has 3 aromatic rings. The van der Waals surface area contributed by atoms with E-state index in [1.807, 2.05) is 35.9 Å². The Kier molecular flexibility index (Phi) is 6.81. The first-order valence-electron chi connectivity index (χ1n) is 11.5. The van der Waals surface area contributed by atoms with Gasteiger partial charge in [-0.05, 0) is 56.9 Å². The van der Waals surface area contributed by atoms with Gasteiger partial charge in [0, 0.05) is 25.6 Å². The lowest BCUT2D eigenvalue weighted by atomic mass is 9.97. The van der Waals surface area contributed by atoms with E-state index in [1.165, 1.54) is 9.87 Å². The second-order valence-corrected chi connectivity index (χ2v) is 10.8. The predicted octanol–water partition coefficient (Wildman–Crippen LogP) is 3.43. The van der Waals surface area contributed by atoms with E-state index in [1.54, 1.807) is 18.2 Å². The van der Waals surface area contributed by atoms with E-state index in [4.69, 9.17) is 0 Å². The fourth-order valence-electron chi connectivity index (χ4n) is 4.13. The zero-order valence-electron chi connectivity index (χ0n) is 19.4. The van der Waals surface area contributed by atoms with Gasteiger partial charge in [-0.1, -0.05) is 42.0 Å². The third-order valence-electron chi connectivity index (χ3n) is 6.50. The number of amides is 1. The van der Waals surface area contributed by atoms with Gasteiger partial charge in [-0.2, -0.15) is 4.31 Å². The molecule has 0 saturated carbocycles. The number of carbonyl (C=O) groups is 1. The summed E-state index contributed by atoms with van der Waals surface area (Å²) in [4.78, 5) is 12.8. The maximum Gasteiger partial charge on any atom is 0.243 e. The Morgan fingerprint density at radius 3 is 2.52 bits per heavy atom. The van der Waals surface area contributed by atoms with Crippen molar-refractivity contribution in [2.75, 3.05) is 13.1 Å². The summed E-state index contributed by atoms with van der Waals surface area (Å²) in [6, 6.07) is 13.2. The molecule has 176 valence electrons. The van der Waals surface area contributed by atoms with E-state index in [0.717, 1.165) is 17.5 Å². The number of hydrogen-bond acceptors (Lipinski definition) is 5. The summed E-state index contributed by atoms with van der Waals surface area (Å²) in [5.74, 6) is -0.199. The fraction of sp³-hybridized carbons (Fsp3) is 0.458. The van der Waals surface area contributed by atoms with Gasteiger partial charge < -0.3 is 5.32 Å². The summed E-state index contributed by atoms with van der Waals surface area (Å²) in [5, 5.41) is 11.3. The van der Waals surface area contributed by atoms with Crippen molar-refractivity contribution in [1.82, 2.24) is 24.6 Å². The van der Waals surface area contributed by atoms with Crippen LogP contribution in [0.3, 0.4) is 0 Å². The Morgan fingerprint density at radius 2 is 1.85 bits per heavy atom. The number of nitrogens with one attached hydrogen (secondary N) is 1. The number of aromatic nitrogens is 3. The van der Waals surface area contributed by atoms with E-state index in [2.05, 4.69) is 29.5 Å². The predicted molar refractivity (Wildman–Crippen MR) is 127 cm³/mol. The van der Waals surface area contributed by atoms with Crippen LogP contribution in [0.1, 0.15) is 50.3 Å². The van der Waals surface area contributed by atoms with Crippen molar-refractivity contribution in [3.05, 3.63) is 53.6 Å². The first-order valence-corrected chi connectivity index (χ1v) is 12.9. The monoisotopic (exact) mass is 469 g/mol. The minimum atomic E-state index is -3.65. The molecule has 1 aliphatic rings. The molecule has 2 heterocycles. The molecule has 4 rings (SSSR count). The molecular weight excluding hydrogens is 438 g/mol. The number of benzene rings is 2. The Hall–Kier alpha value is -2.78. The van der Waals surface area contributed by atoms with Crippen molar-refractivity contribution in [1.29, 1.82) is 0 Å². The summed E-state index contributed by atoms with van der Waals surface area (Å²) in [7, 11) is -3.65.